The quantitative estimate of drug-likeness (QED) is 0.299. The predicted molar refractivity (Wildman–Crippen MR) is 147 cm³/mol. The molecule has 9 heteroatoms. The van der Waals surface area contributed by atoms with E-state index in [4.69, 9.17) is 4.74 Å². The minimum absolute atomic E-state index is 0.0139. The summed E-state index contributed by atoms with van der Waals surface area (Å²) in [5.41, 5.74) is 2.25. The summed E-state index contributed by atoms with van der Waals surface area (Å²) in [5.74, 6) is -1.29. The van der Waals surface area contributed by atoms with Gasteiger partial charge in [0, 0.05) is 16.3 Å². The molecule has 5 rings (SSSR count). The highest BCUT2D eigenvalue weighted by molar-refractivity contribution is 7.99. The number of nitrogens with zero attached hydrogens (tertiary/aromatic N) is 1. The molecule has 0 saturated heterocycles. The summed E-state index contributed by atoms with van der Waals surface area (Å²) in [6.07, 6.45) is 0.624. The van der Waals surface area contributed by atoms with Gasteiger partial charge in [-0.2, -0.15) is 0 Å². The second-order valence-electron chi connectivity index (χ2n) is 8.52. The van der Waals surface area contributed by atoms with Gasteiger partial charge in [-0.25, -0.2) is 13.2 Å². The minimum atomic E-state index is -3.87. The lowest BCUT2D eigenvalue weighted by Crippen LogP contribution is -2.29. The van der Waals surface area contributed by atoms with Crippen molar-refractivity contribution in [2.45, 2.75) is 21.1 Å². The Bertz CT molecular complexity index is 1590. The van der Waals surface area contributed by atoms with E-state index in [1.54, 1.807) is 24.3 Å². The van der Waals surface area contributed by atoms with E-state index in [1.165, 1.54) is 40.3 Å². The van der Waals surface area contributed by atoms with E-state index in [0.717, 1.165) is 15.4 Å². The SMILES string of the molecule is O=C(COC(=O)c1cccc(S(=O)(=O)N2CCc3ccccc32)c1)Nc1ccccc1Sc1ccccc1. The zero-order valence-electron chi connectivity index (χ0n) is 20.2. The van der Waals surface area contributed by atoms with Gasteiger partial charge >= 0.3 is 5.97 Å². The Hall–Kier alpha value is -4.08. The molecule has 0 spiro atoms. The number of sulfonamides is 1. The topological polar surface area (TPSA) is 92.8 Å². The molecule has 0 radical (unpaired) electrons. The summed E-state index contributed by atoms with van der Waals surface area (Å²) in [6.45, 7) is -0.180. The number of fused-ring (bicyclic) bond motifs is 1. The van der Waals surface area contributed by atoms with Gasteiger partial charge in [-0.15, -0.1) is 0 Å². The predicted octanol–water partition coefficient (Wildman–Crippen LogP) is 5.38. The molecule has 0 aromatic heterocycles. The molecule has 1 N–H and O–H groups in total. The zero-order valence-corrected chi connectivity index (χ0v) is 21.9. The molecule has 0 bridgehead atoms. The van der Waals surface area contributed by atoms with Crippen molar-refractivity contribution in [1.29, 1.82) is 0 Å². The van der Waals surface area contributed by atoms with Crippen molar-refractivity contribution >= 4 is 45.0 Å². The number of hydrogen-bond donors (Lipinski definition) is 1. The molecule has 4 aromatic rings. The van der Waals surface area contributed by atoms with Gasteiger partial charge in [-0.05, 0) is 60.5 Å². The molecule has 0 atom stereocenters. The molecule has 0 fully saturated rings. The highest BCUT2D eigenvalue weighted by atomic mass is 32.2. The number of carbonyl (C=O) groups excluding carboxylic acids is 2. The lowest BCUT2D eigenvalue weighted by molar-refractivity contribution is -0.119. The first-order valence-electron chi connectivity index (χ1n) is 11.9. The lowest BCUT2D eigenvalue weighted by atomic mass is 10.2. The van der Waals surface area contributed by atoms with Crippen molar-refractivity contribution in [3.05, 3.63) is 114 Å². The van der Waals surface area contributed by atoms with Crippen LogP contribution in [-0.2, 0) is 26.0 Å². The number of anilines is 2. The molecule has 38 heavy (non-hydrogen) atoms. The first-order valence-corrected chi connectivity index (χ1v) is 14.2. The molecular weight excluding hydrogens is 520 g/mol. The number of amides is 1. The van der Waals surface area contributed by atoms with E-state index in [2.05, 4.69) is 5.32 Å². The Kier molecular flexibility index (Phi) is 7.48. The standard InChI is InChI=1S/C29H24N2O5S2/c32-28(30-25-14-5-7-16-27(25)37-23-11-2-1-3-12-23)20-36-29(33)22-10-8-13-24(19-22)38(34,35)31-18-17-21-9-4-6-15-26(21)31/h1-16,19H,17-18,20H2,(H,30,32). The molecule has 4 aromatic carbocycles. The maximum absolute atomic E-state index is 13.3. The fourth-order valence-corrected chi connectivity index (χ4v) is 6.62. The van der Waals surface area contributed by atoms with Crippen LogP contribution in [0.1, 0.15) is 15.9 Å². The third-order valence-electron chi connectivity index (χ3n) is 5.97. The molecule has 1 amide bonds. The number of carbonyl (C=O) groups is 2. The summed E-state index contributed by atoms with van der Waals surface area (Å²) < 4.78 is 33.2. The van der Waals surface area contributed by atoms with Gasteiger partial charge in [-0.1, -0.05) is 66.4 Å². The van der Waals surface area contributed by atoms with Crippen molar-refractivity contribution in [2.24, 2.45) is 0 Å². The number of esters is 1. The minimum Gasteiger partial charge on any atom is -0.452 e. The highest BCUT2D eigenvalue weighted by Gasteiger charge is 2.31. The fraction of sp³-hybridized carbons (Fsp3) is 0.103. The smallest absolute Gasteiger partial charge is 0.338 e. The molecule has 1 aliphatic rings. The van der Waals surface area contributed by atoms with Crippen LogP contribution in [0, 0.1) is 0 Å². The second-order valence-corrected chi connectivity index (χ2v) is 11.5. The Morgan fingerprint density at radius 2 is 1.61 bits per heavy atom. The van der Waals surface area contributed by atoms with E-state index in [9.17, 15) is 18.0 Å². The van der Waals surface area contributed by atoms with E-state index in [-0.39, 0.29) is 10.5 Å². The zero-order chi connectivity index (χ0) is 26.5. The maximum Gasteiger partial charge on any atom is 0.338 e. The highest BCUT2D eigenvalue weighted by Crippen LogP contribution is 2.34. The average Bonchev–Trinajstić information content (AvgIpc) is 3.39. The Balaban J connectivity index is 1.23. The Morgan fingerprint density at radius 1 is 0.868 bits per heavy atom. The van der Waals surface area contributed by atoms with Crippen LogP contribution in [0.15, 0.2) is 118 Å². The Morgan fingerprint density at radius 3 is 2.45 bits per heavy atom. The van der Waals surface area contributed by atoms with Gasteiger partial charge < -0.3 is 10.1 Å². The van der Waals surface area contributed by atoms with Crippen LogP contribution in [-0.4, -0.2) is 33.4 Å². The van der Waals surface area contributed by atoms with E-state index in [1.807, 2.05) is 54.6 Å². The third-order valence-corrected chi connectivity index (χ3v) is 8.86. The number of nitrogens with one attached hydrogen (secondary N) is 1. The summed E-state index contributed by atoms with van der Waals surface area (Å²) in [5, 5.41) is 2.78. The van der Waals surface area contributed by atoms with E-state index in [0.29, 0.717) is 24.3 Å². The van der Waals surface area contributed by atoms with Gasteiger partial charge in [0.15, 0.2) is 6.61 Å². The van der Waals surface area contributed by atoms with Crippen molar-refractivity contribution in [1.82, 2.24) is 0 Å². The number of benzene rings is 4. The van der Waals surface area contributed by atoms with Crippen LogP contribution < -0.4 is 9.62 Å². The maximum atomic E-state index is 13.3. The van der Waals surface area contributed by atoms with Gasteiger partial charge in [0.25, 0.3) is 15.9 Å². The van der Waals surface area contributed by atoms with Gasteiger partial charge in [0.05, 0.1) is 21.8 Å². The summed E-state index contributed by atoms with van der Waals surface area (Å²) in [7, 11) is -3.87. The van der Waals surface area contributed by atoms with Crippen LogP contribution in [0.3, 0.4) is 0 Å². The number of ether oxygens (including phenoxy) is 1. The summed E-state index contributed by atoms with van der Waals surface area (Å²) in [4.78, 5) is 27.1. The van der Waals surface area contributed by atoms with E-state index < -0.39 is 28.5 Å². The van der Waals surface area contributed by atoms with Crippen LogP contribution in [0.5, 0.6) is 0 Å². The van der Waals surface area contributed by atoms with Crippen LogP contribution in [0.2, 0.25) is 0 Å². The largest absolute Gasteiger partial charge is 0.452 e. The Labute approximate surface area is 225 Å². The normalized spacial score (nSPS) is 12.6. The number of rotatable bonds is 8. The number of hydrogen-bond acceptors (Lipinski definition) is 6. The second kappa shape index (κ2) is 11.1. The molecule has 1 aliphatic heterocycles. The first kappa shape index (κ1) is 25.6. The van der Waals surface area contributed by atoms with Crippen molar-refractivity contribution in [3.8, 4) is 0 Å². The molecule has 1 heterocycles. The average molecular weight is 545 g/mol. The third kappa shape index (κ3) is 5.58. The molecule has 7 nitrogen and oxygen atoms in total. The molecule has 0 saturated carbocycles. The van der Waals surface area contributed by atoms with E-state index >= 15 is 0 Å². The lowest BCUT2D eigenvalue weighted by Gasteiger charge is -2.19. The molecule has 0 unspecified atom stereocenters. The summed E-state index contributed by atoms with van der Waals surface area (Å²) in [6, 6.07) is 30.1. The van der Waals surface area contributed by atoms with Crippen molar-refractivity contribution < 1.29 is 22.7 Å². The van der Waals surface area contributed by atoms with Crippen molar-refractivity contribution in [3.63, 3.8) is 0 Å². The van der Waals surface area contributed by atoms with Crippen LogP contribution in [0.4, 0.5) is 11.4 Å². The van der Waals surface area contributed by atoms with Crippen molar-refractivity contribution in [2.75, 3.05) is 22.8 Å². The molecule has 192 valence electrons. The van der Waals surface area contributed by atoms with Gasteiger partial charge in [0.1, 0.15) is 0 Å². The first-order chi connectivity index (χ1) is 18.4. The van der Waals surface area contributed by atoms with Crippen LogP contribution in [0.25, 0.3) is 0 Å². The van der Waals surface area contributed by atoms with Crippen LogP contribution >= 0.6 is 11.8 Å². The monoisotopic (exact) mass is 544 g/mol. The summed E-state index contributed by atoms with van der Waals surface area (Å²) >= 11 is 1.50. The molecular formula is C29H24N2O5S2. The fourth-order valence-electron chi connectivity index (χ4n) is 4.14. The number of para-hydroxylation sites is 2. The van der Waals surface area contributed by atoms with Gasteiger partial charge in [-0.3, -0.25) is 9.10 Å². The molecule has 0 aliphatic carbocycles. The van der Waals surface area contributed by atoms with Gasteiger partial charge in [0.2, 0.25) is 0 Å².